The van der Waals surface area contributed by atoms with E-state index in [0.29, 0.717) is 11.8 Å². The number of hydrogen-bond acceptors (Lipinski definition) is 0. The van der Waals surface area contributed by atoms with Crippen LogP contribution in [-0.2, 0) is 0 Å². The molecule has 2 atom stereocenters. The van der Waals surface area contributed by atoms with Crippen LogP contribution in [0, 0.1) is 11.8 Å². The first-order valence-corrected chi connectivity index (χ1v) is 5.44. The molecule has 2 unspecified atom stereocenters. The van der Waals surface area contributed by atoms with Crippen LogP contribution >= 0.6 is 0 Å². The predicted octanol–water partition coefficient (Wildman–Crippen LogP) is 4.28. The molecule has 0 aromatic rings. The summed E-state index contributed by atoms with van der Waals surface area (Å²) in [5, 5.41) is 0. The van der Waals surface area contributed by atoms with Crippen molar-refractivity contribution in [1.29, 1.82) is 0 Å². The second kappa shape index (κ2) is 4.29. The van der Waals surface area contributed by atoms with Crippen molar-refractivity contribution in [2.45, 2.75) is 45.7 Å². The first-order valence-electron chi connectivity index (χ1n) is 5.44. The third kappa shape index (κ3) is 2.97. The van der Waals surface area contributed by atoms with Crippen LogP contribution in [0.1, 0.15) is 40.0 Å². The number of alkyl halides is 1. The average Bonchev–Trinajstić information content (AvgIpc) is 2.25. The van der Waals surface area contributed by atoms with Gasteiger partial charge in [-0.2, -0.15) is 0 Å². The molecule has 14 heavy (non-hydrogen) atoms. The second-order valence-electron chi connectivity index (χ2n) is 4.98. The van der Waals surface area contributed by atoms with Crippen molar-refractivity contribution >= 4 is 0 Å². The molecule has 80 valence electrons. The Labute approximate surface area is 86.9 Å². The van der Waals surface area contributed by atoms with Gasteiger partial charge in [0.1, 0.15) is 5.67 Å². The Bertz CT molecular complexity index is 232. The van der Waals surface area contributed by atoms with Gasteiger partial charge >= 0.3 is 0 Å². The summed E-state index contributed by atoms with van der Waals surface area (Å²) in [5.74, 6) is 1.10. The van der Waals surface area contributed by atoms with Crippen molar-refractivity contribution in [3.63, 3.8) is 0 Å². The molecular formula is C13H21F. The first-order chi connectivity index (χ1) is 6.43. The summed E-state index contributed by atoms with van der Waals surface area (Å²) in [6.45, 7) is 9.33. The minimum Gasteiger partial charge on any atom is -0.240 e. The van der Waals surface area contributed by atoms with Gasteiger partial charge in [0.25, 0.3) is 0 Å². The molecule has 0 bridgehead atoms. The molecule has 0 saturated carbocycles. The lowest BCUT2D eigenvalue weighted by Gasteiger charge is -2.20. The highest BCUT2D eigenvalue weighted by molar-refractivity contribution is 5.17. The maximum atomic E-state index is 13.8. The van der Waals surface area contributed by atoms with E-state index >= 15 is 0 Å². The van der Waals surface area contributed by atoms with Gasteiger partial charge in [-0.15, -0.1) is 6.58 Å². The van der Waals surface area contributed by atoms with E-state index < -0.39 is 5.67 Å². The smallest absolute Gasteiger partial charge is 0.126 e. The maximum absolute atomic E-state index is 13.8. The lowest BCUT2D eigenvalue weighted by Crippen LogP contribution is -2.17. The van der Waals surface area contributed by atoms with Gasteiger partial charge in [0.15, 0.2) is 0 Å². The van der Waals surface area contributed by atoms with E-state index in [1.54, 1.807) is 13.8 Å². The van der Waals surface area contributed by atoms with E-state index in [9.17, 15) is 4.39 Å². The first kappa shape index (κ1) is 11.5. The SMILES string of the molecule is C=CC1CC=C(C(C)(C)F)CC(C)C1. The molecule has 0 saturated heterocycles. The Morgan fingerprint density at radius 3 is 2.71 bits per heavy atom. The topological polar surface area (TPSA) is 0 Å². The number of rotatable bonds is 2. The van der Waals surface area contributed by atoms with Crippen molar-refractivity contribution in [3.8, 4) is 0 Å². The van der Waals surface area contributed by atoms with Crippen LogP contribution in [0.4, 0.5) is 4.39 Å². The summed E-state index contributed by atoms with van der Waals surface area (Å²) in [6.07, 6.45) is 7.07. The van der Waals surface area contributed by atoms with E-state index in [2.05, 4.69) is 19.6 Å². The van der Waals surface area contributed by atoms with Gasteiger partial charge in [-0.1, -0.05) is 19.1 Å². The maximum Gasteiger partial charge on any atom is 0.126 e. The Hall–Kier alpha value is -0.590. The largest absolute Gasteiger partial charge is 0.240 e. The van der Waals surface area contributed by atoms with E-state index in [4.69, 9.17) is 0 Å². The molecule has 0 spiro atoms. The quantitative estimate of drug-likeness (QED) is 0.578. The number of hydrogen-bond donors (Lipinski definition) is 0. The van der Waals surface area contributed by atoms with Crippen LogP contribution in [0.3, 0.4) is 0 Å². The fourth-order valence-electron chi connectivity index (χ4n) is 2.13. The molecule has 0 aliphatic heterocycles. The second-order valence-corrected chi connectivity index (χ2v) is 4.98. The van der Waals surface area contributed by atoms with Gasteiger partial charge in [0, 0.05) is 0 Å². The minimum atomic E-state index is -1.15. The van der Waals surface area contributed by atoms with Crippen LogP contribution in [0.5, 0.6) is 0 Å². The molecule has 0 aromatic carbocycles. The van der Waals surface area contributed by atoms with Gasteiger partial charge in [0.05, 0.1) is 0 Å². The zero-order valence-electron chi connectivity index (χ0n) is 9.52. The summed E-state index contributed by atoms with van der Waals surface area (Å²) in [4.78, 5) is 0. The fourth-order valence-corrected chi connectivity index (χ4v) is 2.13. The van der Waals surface area contributed by atoms with E-state index in [1.807, 2.05) is 6.08 Å². The van der Waals surface area contributed by atoms with Crippen molar-refractivity contribution < 1.29 is 4.39 Å². The summed E-state index contributed by atoms with van der Waals surface area (Å²) in [7, 11) is 0. The molecule has 0 fully saturated rings. The highest BCUT2D eigenvalue weighted by Gasteiger charge is 2.26. The molecule has 0 aromatic heterocycles. The van der Waals surface area contributed by atoms with Crippen LogP contribution < -0.4 is 0 Å². The lowest BCUT2D eigenvalue weighted by molar-refractivity contribution is 0.254. The molecule has 1 rings (SSSR count). The van der Waals surface area contributed by atoms with Crippen molar-refractivity contribution in [3.05, 3.63) is 24.3 Å². The van der Waals surface area contributed by atoms with Crippen molar-refractivity contribution in [1.82, 2.24) is 0 Å². The Morgan fingerprint density at radius 1 is 1.57 bits per heavy atom. The highest BCUT2D eigenvalue weighted by Crippen LogP contribution is 2.34. The van der Waals surface area contributed by atoms with E-state index in [1.165, 1.54) is 0 Å². The zero-order valence-corrected chi connectivity index (χ0v) is 9.52. The number of halogens is 1. The van der Waals surface area contributed by atoms with Gasteiger partial charge in [-0.3, -0.25) is 0 Å². The van der Waals surface area contributed by atoms with Crippen molar-refractivity contribution in [2.75, 3.05) is 0 Å². The van der Waals surface area contributed by atoms with Gasteiger partial charge < -0.3 is 0 Å². The van der Waals surface area contributed by atoms with E-state index in [0.717, 1.165) is 24.8 Å². The fraction of sp³-hybridized carbons (Fsp3) is 0.692. The molecular weight excluding hydrogens is 175 g/mol. The van der Waals surface area contributed by atoms with Crippen molar-refractivity contribution in [2.24, 2.45) is 11.8 Å². The third-order valence-corrected chi connectivity index (χ3v) is 3.04. The monoisotopic (exact) mass is 196 g/mol. The molecule has 0 amide bonds. The summed E-state index contributed by atoms with van der Waals surface area (Å²) < 4.78 is 13.8. The predicted molar refractivity (Wildman–Crippen MR) is 60.0 cm³/mol. The standard InChI is InChI=1S/C13H21F/c1-5-11-6-7-12(13(3,4)14)9-10(2)8-11/h5,7,10-11H,1,6,8-9H2,2-4H3. The Morgan fingerprint density at radius 2 is 2.21 bits per heavy atom. The molecule has 0 nitrogen and oxygen atoms in total. The van der Waals surface area contributed by atoms with Crippen LogP contribution in [0.15, 0.2) is 24.3 Å². The molecule has 0 N–H and O–H groups in total. The molecule has 1 aliphatic rings. The van der Waals surface area contributed by atoms with E-state index in [-0.39, 0.29) is 0 Å². The Balaban J connectivity index is 2.78. The normalized spacial score (nSPS) is 29.3. The molecule has 1 heteroatoms. The summed E-state index contributed by atoms with van der Waals surface area (Å²) >= 11 is 0. The van der Waals surface area contributed by atoms with Gasteiger partial charge in [-0.25, -0.2) is 4.39 Å². The molecule has 0 radical (unpaired) electrons. The molecule has 0 heterocycles. The summed E-state index contributed by atoms with van der Waals surface area (Å²) in [6, 6.07) is 0. The number of allylic oxidation sites excluding steroid dienone is 3. The Kier molecular flexibility index (Phi) is 3.52. The van der Waals surface area contributed by atoms with Crippen LogP contribution in [0.25, 0.3) is 0 Å². The highest BCUT2D eigenvalue weighted by atomic mass is 19.1. The van der Waals surface area contributed by atoms with Crippen LogP contribution in [-0.4, -0.2) is 5.67 Å². The lowest BCUT2D eigenvalue weighted by atomic mass is 9.90. The summed E-state index contributed by atoms with van der Waals surface area (Å²) in [5.41, 5.74) is -0.182. The molecule has 1 aliphatic carbocycles. The average molecular weight is 196 g/mol. The third-order valence-electron chi connectivity index (χ3n) is 3.04. The van der Waals surface area contributed by atoms with Gasteiger partial charge in [-0.05, 0) is 50.5 Å². The van der Waals surface area contributed by atoms with Crippen LogP contribution in [0.2, 0.25) is 0 Å². The van der Waals surface area contributed by atoms with Gasteiger partial charge in [0.2, 0.25) is 0 Å². The minimum absolute atomic E-state index is 0.532. The zero-order chi connectivity index (χ0) is 10.8.